The Labute approximate surface area is 203 Å². The lowest BCUT2D eigenvalue weighted by Gasteiger charge is -2.31. The second-order valence-electron chi connectivity index (χ2n) is 8.44. The molecule has 1 fully saturated rings. The Balaban J connectivity index is 1.85. The normalized spacial score (nSPS) is 14.3. The van der Waals surface area contributed by atoms with E-state index < -0.39 is 10.0 Å². The van der Waals surface area contributed by atoms with Crippen LogP contribution in [0, 0.1) is 18.3 Å². The van der Waals surface area contributed by atoms with Crippen LogP contribution >= 0.6 is 0 Å². The molecule has 5 rings (SSSR count). The Morgan fingerprint density at radius 2 is 1.89 bits per heavy atom. The molecule has 1 N–H and O–H groups in total. The van der Waals surface area contributed by atoms with E-state index in [1.165, 1.54) is 10.2 Å². The first kappa shape index (κ1) is 23.1. The lowest BCUT2D eigenvalue weighted by Crippen LogP contribution is -2.37. The van der Waals surface area contributed by atoms with Crippen molar-refractivity contribution in [1.82, 2.24) is 8.96 Å². The summed E-state index contributed by atoms with van der Waals surface area (Å²) in [5.74, 6) is 0. The number of rotatable bonds is 5. The number of hydrogen-bond donors (Lipinski definition) is 1. The molecule has 0 radical (unpaired) electrons. The highest BCUT2D eigenvalue weighted by molar-refractivity contribution is 7.90. The number of aliphatic hydroxyl groups is 1. The van der Waals surface area contributed by atoms with E-state index in [9.17, 15) is 18.8 Å². The number of aromatic nitrogens is 2. The van der Waals surface area contributed by atoms with Crippen molar-refractivity contribution >= 4 is 26.7 Å². The molecule has 1 saturated heterocycles. The predicted molar refractivity (Wildman–Crippen MR) is 133 cm³/mol. The van der Waals surface area contributed by atoms with Crippen LogP contribution in [0.1, 0.15) is 16.7 Å². The van der Waals surface area contributed by atoms with Gasteiger partial charge in [0.25, 0.3) is 10.0 Å². The van der Waals surface area contributed by atoms with E-state index in [2.05, 4.69) is 16.0 Å². The number of nitrogens with zero attached hydrogens (tertiary/aromatic N) is 4. The fraction of sp³-hybridized carbons (Fsp3) is 0.231. The number of hydrogen-bond acceptors (Lipinski definition) is 7. The van der Waals surface area contributed by atoms with Crippen molar-refractivity contribution in [2.24, 2.45) is 0 Å². The first-order valence-electron chi connectivity index (χ1n) is 11.2. The van der Waals surface area contributed by atoms with Gasteiger partial charge < -0.3 is 14.7 Å². The van der Waals surface area contributed by atoms with Gasteiger partial charge in [-0.25, -0.2) is 17.4 Å². The van der Waals surface area contributed by atoms with Crippen LogP contribution in [0.3, 0.4) is 0 Å². The van der Waals surface area contributed by atoms with Crippen LogP contribution < -0.4 is 4.90 Å². The monoisotopic (exact) mass is 488 g/mol. The minimum Gasteiger partial charge on any atom is -0.392 e. The zero-order chi connectivity index (χ0) is 24.6. The zero-order valence-corrected chi connectivity index (χ0v) is 20.0. The maximum atomic E-state index is 13.8. The van der Waals surface area contributed by atoms with Crippen molar-refractivity contribution < 1.29 is 18.3 Å². The highest BCUT2D eigenvalue weighted by Gasteiger charge is 2.28. The molecule has 2 aromatic heterocycles. The molecule has 0 saturated carbocycles. The molecule has 8 nitrogen and oxygen atoms in total. The summed E-state index contributed by atoms with van der Waals surface area (Å²) in [6.45, 7) is 3.89. The maximum absolute atomic E-state index is 13.8. The number of aryl methyl sites for hydroxylation is 1. The highest BCUT2D eigenvalue weighted by Crippen LogP contribution is 2.40. The van der Waals surface area contributed by atoms with Crippen LogP contribution in [0.2, 0.25) is 0 Å². The average Bonchev–Trinajstić information content (AvgIpc) is 3.29. The zero-order valence-electron chi connectivity index (χ0n) is 19.2. The fourth-order valence-electron chi connectivity index (χ4n) is 4.44. The SMILES string of the molecule is Cc1ccc(S(=O)(=O)n2cc(-c3cccc(C#N)c3)c3c(N4CCOCC4)c(CO)cnc32)cc1. The topological polar surface area (TPSA) is 108 Å². The third kappa shape index (κ3) is 4.06. The van der Waals surface area contributed by atoms with Crippen LogP contribution in [0.25, 0.3) is 22.2 Å². The lowest BCUT2D eigenvalue weighted by molar-refractivity contribution is 0.122. The average molecular weight is 489 g/mol. The van der Waals surface area contributed by atoms with Gasteiger partial charge in [-0.1, -0.05) is 29.8 Å². The Hall–Kier alpha value is -3.71. The van der Waals surface area contributed by atoms with E-state index in [0.717, 1.165) is 11.3 Å². The number of anilines is 1. The van der Waals surface area contributed by atoms with Gasteiger partial charge in [-0.15, -0.1) is 0 Å². The van der Waals surface area contributed by atoms with E-state index in [0.29, 0.717) is 53.9 Å². The quantitative estimate of drug-likeness (QED) is 0.458. The molecule has 9 heteroatoms. The molecule has 1 aliphatic heterocycles. The molecule has 0 bridgehead atoms. The molecule has 1 aliphatic rings. The summed E-state index contributed by atoms with van der Waals surface area (Å²) in [4.78, 5) is 6.75. The number of fused-ring (bicyclic) bond motifs is 1. The minimum atomic E-state index is -3.97. The number of pyridine rings is 1. The lowest BCUT2D eigenvalue weighted by atomic mass is 10.0. The Bertz CT molecular complexity index is 1550. The van der Waals surface area contributed by atoms with E-state index in [4.69, 9.17) is 4.74 Å². The van der Waals surface area contributed by atoms with Crippen LogP contribution in [-0.4, -0.2) is 48.8 Å². The van der Waals surface area contributed by atoms with E-state index in [1.807, 2.05) is 13.0 Å². The summed E-state index contributed by atoms with van der Waals surface area (Å²) in [5, 5.41) is 20.2. The summed E-state index contributed by atoms with van der Waals surface area (Å²) in [6.07, 6.45) is 3.10. The number of ether oxygens (including phenoxy) is 1. The maximum Gasteiger partial charge on any atom is 0.269 e. The number of nitriles is 1. The molecule has 0 atom stereocenters. The van der Waals surface area contributed by atoms with Gasteiger partial charge in [-0.2, -0.15) is 5.26 Å². The Morgan fingerprint density at radius 1 is 1.14 bits per heavy atom. The molecule has 0 unspecified atom stereocenters. The second kappa shape index (κ2) is 9.15. The van der Waals surface area contributed by atoms with E-state index in [-0.39, 0.29) is 17.1 Å². The van der Waals surface area contributed by atoms with Gasteiger partial charge in [0.15, 0.2) is 5.65 Å². The predicted octanol–water partition coefficient (Wildman–Crippen LogP) is 3.45. The summed E-state index contributed by atoms with van der Waals surface area (Å²) in [5.41, 5.74) is 4.33. The molecule has 3 heterocycles. The first-order valence-corrected chi connectivity index (χ1v) is 12.7. The van der Waals surface area contributed by atoms with Gasteiger partial charge in [-0.05, 0) is 36.8 Å². The van der Waals surface area contributed by atoms with Gasteiger partial charge in [0.2, 0.25) is 0 Å². The molecule has 0 aliphatic carbocycles. The molecular formula is C26H24N4O4S. The van der Waals surface area contributed by atoms with Gasteiger partial charge in [0, 0.05) is 36.6 Å². The van der Waals surface area contributed by atoms with E-state index >= 15 is 0 Å². The summed E-state index contributed by atoms with van der Waals surface area (Å²) < 4.78 is 34.2. The number of benzene rings is 2. The molecule has 35 heavy (non-hydrogen) atoms. The number of aliphatic hydroxyl groups excluding tert-OH is 1. The third-order valence-electron chi connectivity index (χ3n) is 6.21. The minimum absolute atomic E-state index is 0.151. The van der Waals surface area contributed by atoms with Crippen molar-refractivity contribution in [3.05, 3.63) is 77.6 Å². The van der Waals surface area contributed by atoms with Crippen LogP contribution in [0.5, 0.6) is 0 Å². The van der Waals surface area contributed by atoms with Crippen LogP contribution in [0.4, 0.5) is 5.69 Å². The largest absolute Gasteiger partial charge is 0.392 e. The summed E-state index contributed by atoms with van der Waals surface area (Å²) in [7, 11) is -3.97. The second-order valence-corrected chi connectivity index (χ2v) is 10.3. The van der Waals surface area contributed by atoms with Crippen molar-refractivity contribution in [3.63, 3.8) is 0 Å². The molecule has 2 aromatic carbocycles. The van der Waals surface area contributed by atoms with Crippen molar-refractivity contribution in [2.75, 3.05) is 31.2 Å². The molecular weight excluding hydrogens is 464 g/mol. The molecule has 0 amide bonds. The molecule has 178 valence electrons. The van der Waals surface area contributed by atoms with Crippen LogP contribution in [-0.2, 0) is 21.4 Å². The smallest absolute Gasteiger partial charge is 0.269 e. The van der Waals surface area contributed by atoms with Gasteiger partial charge in [-0.3, -0.25) is 0 Å². The molecule has 4 aromatic rings. The first-order chi connectivity index (χ1) is 16.9. The molecule has 0 spiro atoms. The van der Waals surface area contributed by atoms with Gasteiger partial charge in [0.05, 0.1) is 47.4 Å². The summed E-state index contributed by atoms with van der Waals surface area (Å²) in [6, 6.07) is 15.9. The Morgan fingerprint density at radius 3 is 2.57 bits per heavy atom. The fourth-order valence-corrected chi connectivity index (χ4v) is 5.75. The summed E-state index contributed by atoms with van der Waals surface area (Å²) >= 11 is 0. The van der Waals surface area contributed by atoms with Crippen molar-refractivity contribution in [2.45, 2.75) is 18.4 Å². The standard InChI is InChI=1S/C26H24N4O4S/c1-18-5-7-22(8-6-18)35(32,33)30-16-23(20-4-2-3-19(13-20)14-27)24-25(29-9-11-34-12-10-29)21(17-31)15-28-26(24)30/h2-8,13,15-16,31H,9-12,17H2,1H3. The van der Waals surface area contributed by atoms with E-state index in [1.54, 1.807) is 48.7 Å². The Kier molecular flexibility index (Phi) is 6.03. The van der Waals surface area contributed by atoms with Gasteiger partial charge in [0.1, 0.15) is 0 Å². The van der Waals surface area contributed by atoms with Crippen molar-refractivity contribution in [1.29, 1.82) is 5.26 Å². The van der Waals surface area contributed by atoms with Gasteiger partial charge >= 0.3 is 0 Å². The third-order valence-corrected chi connectivity index (χ3v) is 7.87. The van der Waals surface area contributed by atoms with Crippen molar-refractivity contribution in [3.8, 4) is 17.2 Å². The van der Waals surface area contributed by atoms with Crippen LogP contribution in [0.15, 0.2) is 65.8 Å². The highest BCUT2D eigenvalue weighted by atomic mass is 32.2. The number of morpholine rings is 1.